The Morgan fingerprint density at radius 3 is 2.46 bits per heavy atom. The van der Waals surface area contributed by atoms with Crippen LogP contribution in [0.2, 0.25) is 0 Å². The van der Waals surface area contributed by atoms with Crippen molar-refractivity contribution in [1.29, 1.82) is 0 Å². The molecule has 1 saturated carbocycles. The summed E-state index contributed by atoms with van der Waals surface area (Å²) in [5.74, 6) is -0.992. The Labute approximate surface area is 75.0 Å². The SMILES string of the molecule is OC1CC(c2ccc(F)cc2F)C1. The van der Waals surface area contributed by atoms with Gasteiger partial charge in [0.25, 0.3) is 0 Å². The fraction of sp³-hybridized carbons (Fsp3) is 0.400. The van der Waals surface area contributed by atoms with Gasteiger partial charge in [-0.3, -0.25) is 0 Å². The molecule has 0 unspecified atom stereocenters. The third-order valence-corrected chi connectivity index (χ3v) is 2.52. The molecule has 1 aromatic rings. The molecule has 0 atom stereocenters. The molecule has 0 amide bonds. The number of aliphatic hydroxyl groups is 1. The zero-order valence-corrected chi connectivity index (χ0v) is 7.00. The van der Waals surface area contributed by atoms with E-state index in [9.17, 15) is 8.78 Å². The first kappa shape index (κ1) is 8.63. The van der Waals surface area contributed by atoms with Gasteiger partial charge in [-0.15, -0.1) is 0 Å². The molecule has 0 spiro atoms. The van der Waals surface area contributed by atoms with Crippen LogP contribution in [-0.2, 0) is 0 Å². The van der Waals surface area contributed by atoms with Crippen molar-refractivity contribution >= 4 is 0 Å². The van der Waals surface area contributed by atoms with Crippen molar-refractivity contribution in [2.45, 2.75) is 24.9 Å². The summed E-state index contributed by atoms with van der Waals surface area (Å²) < 4.78 is 25.6. The van der Waals surface area contributed by atoms with Crippen molar-refractivity contribution in [3.63, 3.8) is 0 Å². The standard InChI is InChI=1S/C10H10F2O/c11-7-1-2-9(10(12)5-7)6-3-8(13)4-6/h1-2,5-6,8,13H,3-4H2. The highest BCUT2D eigenvalue weighted by molar-refractivity contribution is 5.24. The lowest BCUT2D eigenvalue weighted by Crippen LogP contribution is -2.27. The maximum atomic E-state index is 13.1. The molecule has 1 aliphatic carbocycles. The van der Waals surface area contributed by atoms with Crippen LogP contribution < -0.4 is 0 Å². The van der Waals surface area contributed by atoms with Crippen LogP contribution in [-0.4, -0.2) is 11.2 Å². The molecule has 1 N–H and O–H groups in total. The Bertz CT molecular complexity index is 319. The van der Waals surface area contributed by atoms with E-state index in [0.717, 1.165) is 6.07 Å². The molecule has 0 aliphatic heterocycles. The van der Waals surface area contributed by atoms with Gasteiger partial charge in [-0.05, 0) is 30.4 Å². The molecule has 0 bridgehead atoms. The van der Waals surface area contributed by atoms with Crippen molar-refractivity contribution in [2.24, 2.45) is 0 Å². The smallest absolute Gasteiger partial charge is 0.129 e. The molecule has 1 nitrogen and oxygen atoms in total. The third-order valence-electron chi connectivity index (χ3n) is 2.52. The second kappa shape index (κ2) is 3.07. The predicted octanol–water partition coefficient (Wildman–Crippen LogP) is 2.20. The highest BCUT2D eigenvalue weighted by Gasteiger charge is 2.30. The van der Waals surface area contributed by atoms with Gasteiger partial charge in [-0.2, -0.15) is 0 Å². The summed E-state index contributed by atoms with van der Waals surface area (Å²) >= 11 is 0. The Balaban J connectivity index is 2.21. The third kappa shape index (κ3) is 1.56. The van der Waals surface area contributed by atoms with Gasteiger partial charge in [0.05, 0.1) is 6.10 Å². The van der Waals surface area contributed by atoms with Crippen molar-refractivity contribution < 1.29 is 13.9 Å². The lowest BCUT2D eigenvalue weighted by atomic mass is 9.77. The molecule has 1 fully saturated rings. The van der Waals surface area contributed by atoms with E-state index in [4.69, 9.17) is 5.11 Å². The molecular weight excluding hydrogens is 174 g/mol. The number of benzene rings is 1. The van der Waals surface area contributed by atoms with Crippen molar-refractivity contribution in [3.05, 3.63) is 35.4 Å². The molecule has 0 heterocycles. The minimum Gasteiger partial charge on any atom is -0.393 e. The van der Waals surface area contributed by atoms with Crippen molar-refractivity contribution in [1.82, 2.24) is 0 Å². The quantitative estimate of drug-likeness (QED) is 0.709. The van der Waals surface area contributed by atoms with Crippen LogP contribution >= 0.6 is 0 Å². The predicted molar refractivity (Wildman–Crippen MR) is 44.3 cm³/mol. The Morgan fingerprint density at radius 1 is 1.23 bits per heavy atom. The van der Waals surface area contributed by atoms with Crippen LogP contribution in [0.25, 0.3) is 0 Å². The number of hydrogen-bond acceptors (Lipinski definition) is 1. The highest BCUT2D eigenvalue weighted by atomic mass is 19.1. The van der Waals surface area contributed by atoms with E-state index in [1.807, 2.05) is 0 Å². The van der Waals surface area contributed by atoms with E-state index >= 15 is 0 Å². The van der Waals surface area contributed by atoms with Gasteiger partial charge in [0, 0.05) is 6.07 Å². The molecule has 70 valence electrons. The normalized spacial score (nSPS) is 27.0. The summed E-state index contributed by atoms with van der Waals surface area (Å²) in [6.07, 6.45) is 0.861. The summed E-state index contributed by atoms with van der Waals surface area (Å²) in [7, 11) is 0. The Morgan fingerprint density at radius 2 is 1.92 bits per heavy atom. The molecule has 0 saturated heterocycles. The second-order valence-electron chi connectivity index (χ2n) is 3.49. The van der Waals surface area contributed by atoms with Crippen LogP contribution in [0.15, 0.2) is 18.2 Å². The number of rotatable bonds is 1. The summed E-state index contributed by atoms with van der Waals surface area (Å²) in [5, 5.41) is 9.03. The number of halogens is 2. The zero-order valence-electron chi connectivity index (χ0n) is 7.00. The van der Waals surface area contributed by atoms with Gasteiger partial charge in [-0.25, -0.2) is 8.78 Å². The van der Waals surface area contributed by atoms with Gasteiger partial charge in [0.1, 0.15) is 11.6 Å². The van der Waals surface area contributed by atoms with Crippen molar-refractivity contribution in [3.8, 4) is 0 Å². The van der Waals surface area contributed by atoms with E-state index in [1.54, 1.807) is 0 Å². The minimum absolute atomic E-state index is 0.0654. The van der Waals surface area contributed by atoms with E-state index in [0.29, 0.717) is 18.4 Å². The monoisotopic (exact) mass is 184 g/mol. The first-order valence-electron chi connectivity index (χ1n) is 4.30. The summed E-state index contributed by atoms with van der Waals surface area (Å²) in [6.45, 7) is 0. The molecule has 1 aliphatic rings. The summed E-state index contributed by atoms with van der Waals surface area (Å²) in [5.41, 5.74) is 0.520. The minimum atomic E-state index is -0.555. The Kier molecular flexibility index (Phi) is 2.04. The molecule has 0 radical (unpaired) electrons. The molecule has 1 aromatic carbocycles. The van der Waals surface area contributed by atoms with Crippen LogP contribution in [0.1, 0.15) is 24.3 Å². The van der Waals surface area contributed by atoms with E-state index in [2.05, 4.69) is 0 Å². The summed E-state index contributed by atoms with van der Waals surface area (Å²) in [6, 6.07) is 3.60. The first-order chi connectivity index (χ1) is 6.16. The van der Waals surface area contributed by atoms with Crippen LogP contribution in [0.5, 0.6) is 0 Å². The van der Waals surface area contributed by atoms with E-state index < -0.39 is 11.6 Å². The van der Waals surface area contributed by atoms with Gasteiger partial charge < -0.3 is 5.11 Å². The fourth-order valence-corrected chi connectivity index (χ4v) is 1.67. The maximum absolute atomic E-state index is 13.1. The van der Waals surface area contributed by atoms with Crippen LogP contribution in [0.3, 0.4) is 0 Å². The zero-order chi connectivity index (χ0) is 9.42. The van der Waals surface area contributed by atoms with Crippen LogP contribution in [0, 0.1) is 11.6 Å². The lowest BCUT2D eigenvalue weighted by molar-refractivity contribution is 0.0734. The molecule has 3 heteroatoms. The maximum Gasteiger partial charge on any atom is 0.129 e. The average Bonchev–Trinajstić information content (AvgIpc) is 2.00. The molecular formula is C10H10F2O. The average molecular weight is 184 g/mol. The largest absolute Gasteiger partial charge is 0.393 e. The van der Waals surface area contributed by atoms with E-state index in [1.165, 1.54) is 12.1 Å². The molecule has 2 rings (SSSR count). The topological polar surface area (TPSA) is 20.2 Å². The van der Waals surface area contributed by atoms with Crippen LogP contribution in [0.4, 0.5) is 8.78 Å². The first-order valence-corrected chi connectivity index (χ1v) is 4.30. The van der Waals surface area contributed by atoms with Gasteiger partial charge >= 0.3 is 0 Å². The van der Waals surface area contributed by atoms with Gasteiger partial charge in [0.15, 0.2) is 0 Å². The van der Waals surface area contributed by atoms with Crippen molar-refractivity contribution in [2.75, 3.05) is 0 Å². The summed E-state index contributed by atoms with van der Waals surface area (Å²) in [4.78, 5) is 0. The molecule has 13 heavy (non-hydrogen) atoms. The highest BCUT2D eigenvalue weighted by Crippen LogP contribution is 2.37. The molecule has 0 aromatic heterocycles. The fourth-order valence-electron chi connectivity index (χ4n) is 1.67. The van der Waals surface area contributed by atoms with E-state index in [-0.39, 0.29) is 12.0 Å². The lowest BCUT2D eigenvalue weighted by Gasteiger charge is -2.31. The van der Waals surface area contributed by atoms with Gasteiger partial charge in [-0.1, -0.05) is 6.07 Å². The number of aliphatic hydroxyl groups excluding tert-OH is 1. The van der Waals surface area contributed by atoms with Gasteiger partial charge in [0.2, 0.25) is 0 Å². The second-order valence-corrected chi connectivity index (χ2v) is 3.49. The Hall–Kier alpha value is -0.960. The number of hydrogen-bond donors (Lipinski definition) is 1.